The molecule has 5 heteroatoms. The van der Waals surface area contributed by atoms with Gasteiger partial charge in [0, 0.05) is 24.3 Å². The minimum atomic E-state index is 0.363. The van der Waals surface area contributed by atoms with Crippen molar-refractivity contribution in [1.82, 2.24) is 9.55 Å². The monoisotopic (exact) mass is 368 g/mol. The van der Waals surface area contributed by atoms with Crippen LogP contribution in [0.5, 0.6) is 0 Å². The second kappa shape index (κ2) is 6.96. The summed E-state index contributed by atoms with van der Waals surface area (Å²) in [6.07, 6.45) is 3.44. The number of aromatic nitrogens is 2. The maximum Gasteiger partial charge on any atom is 0.224 e. The molecular formula is C22H13ClN4. The van der Waals surface area contributed by atoms with Crippen LogP contribution in [0.2, 0.25) is 5.02 Å². The summed E-state index contributed by atoms with van der Waals surface area (Å²) in [6.45, 7) is 7.78. The molecule has 27 heavy (non-hydrogen) atoms. The molecule has 0 atom stereocenters. The average molecular weight is 369 g/mol. The first-order valence-electron chi connectivity index (χ1n) is 8.30. The highest BCUT2D eigenvalue weighted by atomic mass is 35.5. The Hall–Kier alpha value is -3.60. The summed E-state index contributed by atoms with van der Waals surface area (Å²) >= 11 is 6.28. The van der Waals surface area contributed by atoms with Crippen LogP contribution in [-0.2, 0) is 6.54 Å². The van der Waals surface area contributed by atoms with Gasteiger partial charge in [0.25, 0.3) is 0 Å². The molecule has 0 spiro atoms. The zero-order valence-corrected chi connectivity index (χ0v) is 15.0. The molecule has 2 aromatic heterocycles. The van der Waals surface area contributed by atoms with Crippen LogP contribution in [0.15, 0.2) is 67.0 Å². The van der Waals surface area contributed by atoms with Gasteiger partial charge in [0.1, 0.15) is 5.65 Å². The van der Waals surface area contributed by atoms with E-state index in [1.807, 2.05) is 65.4 Å². The van der Waals surface area contributed by atoms with Crippen molar-refractivity contribution in [3.63, 3.8) is 0 Å². The third kappa shape index (κ3) is 3.04. The van der Waals surface area contributed by atoms with Crippen LogP contribution in [-0.4, -0.2) is 9.55 Å². The lowest BCUT2D eigenvalue weighted by molar-refractivity contribution is 0.825. The summed E-state index contributed by atoms with van der Waals surface area (Å²) in [4.78, 5) is 7.77. The predicted molar refractivity (Wildman–Crippen MR) is 107 cm³/mol. The van der Waals surface area contributed by atoms with Crippen molar-refractivity contribution < 1.29 is 0 Å². The fourth-order valence-electron chi connectivity index (χ4n) is 3.12. The number of nitriles is 1. The van der Waals surface area contributed by atoms with E-state index >= 15 is 0 Å². The van der Waals surface area contributed by atoms with Gasteiger partial charge in [-0.2, -0.15) is 5.26 Å². The zero-order valence-electron chi connectivity index (χ0n) is 14.2. The van der Waals surface area contributed by atoms with Gasteiger partial charge in [0.2, 0.25) is 5.69 Å². The van der Waals surface area contributed by atoms with Gasteiger partial charge in [-0.05, 0) is 28.8 Å². The summed E-state index contributed by atoms with van der Waals surface area (Å²) < 4.78 is 2.01. The fraction of sp³-hybridized carbons (Fsp3) is 0.0455. The Morgan fingerprint density at radius 1 is 1.11 bits per heavy atom. The molecule has 2 aromatic carbocycles. The summed E-state index contributed by atoms with van der Waals surface area (Å²) in [5, 5.41) is 10.5. The third-order valence-corrected chi connectivity index (χ3v) is 4.89. The topological polar surface area (TPSA) is 46.0 Å². The van der Waals surface area contributed by atoms with E-state index in [-0.39, 0.29) is 0 Å². The molecule has 4 aromatic rings. The lowest BCUT2D eigenvalue weighted by Gasteiger charge is -2.08. The lowest BCUT2D eigenvalue weighted by atomic mass is 9.99. The summed E-state index contributed by atoms with van der Waals surface area (Å²) in [6, 6.07) is 19.8. The summed E-state index contributed by atoms with van der Waals surface area (Å²) in [5.74, 6) is 0. The molecule has 0 saturated carbocycles. The number of nitrogens with zero attached hydrogens (tertiary/aromatic N) is 4. The number of hydrogen-bond donors (Lipinski definition) is 0. The van der Waals surface area contributed by atoms with E-state index in [4.69, 9.17) is 18.2 Å². The first kappa shape index (κ1) is 16.8. The highest BCUT2D eigenvalue weighted by molar-refractivity contribution is 6.38. The van der Waals surface area contributed by atoms with Gasteiger partial charge in [0.05, 0.1) is 23.2 Å². The first-order chi connectivity index (χ1) is 13.2. The van der Waals surface area contributed by atoms with E-state index in [1.165, 1.54) is 6.20 Å². The molecule has 2 heterocycles. The highest BCUT2D eigenvalue weighted by Crippen LogP contribution is 2.32. The molecule has 0 radical (unpaired) electrons. The summed E-state index contributed by atoms with van der Waals surface area (Å²) in [7, 11) is 0. The largest absolute Gasteiger partial charge is 0.328 e. The molecule has 128 valence electrons. The van der Waals surface area contributed by atoms with Gasteiger partial charge >= 0.3 is 0 Å². The van der Waals surface area contributed by atoms with Crippen molar-refractivity contribution in [1.29, 1.82) is 5.26 Å². The third-order valence-electron chi connectivity index (χ3n) is 4.49. The number of fused-ring (bicyclic) bond motifs is 1. The number of halogens is 1. The number of pyridine rings is 1. The number of rotatable bonds is 3. The van der Waals surface area contributed by atoms with Crippen molar-refractivity contribution in [2.24, 2.45) is 0 Å². The van der Waals surface area contributed by atoms with E-state index in [1.54, 1.807) is 0 Å². The normalized spacial score (nSPS) is 10.5. The number of benzene rings is 2. The maximum absolute atomic E-state index is 9.28. The van der Waals surface area contributed by atoms with E-state index in [0.717, 1.165) is 27.7 Å². The van der Waals surface area contributed by atoms with Crippen molar-refractivity contribution in [2.75, 3.05) is 0 Å². The van der Waals surface area contributed by atoms with E-state index in [9.17, 15) is 5.26 Å². The van der Waals surface area contributed by atoms with Crippen LogP contribution < -0.4 is 0 Å². The minimum absolute atomic E-state index is 0.363. The Morgan fingerprint density at radius 2 is 1.89 bits per heavy atom. The maximum atomic E-state index is 9.28. The second-order valence-corrected chi connectivity index (χ2v) is 6.48. The quantitative estimate of drug-likeness (QED) is 0.427. The van der Waals surface area contributed by atoms with Crippen LogP contribution in [0.1, 0.15) is 11.1 Å². The first-order valence-corrected chi connectivity index (χ1v) is 8.68. The van der Waals surface area contributed by atoms with Crippen molar-refractivity contribution in [3.05, 3.63) is 94.6 Å². The van der Waals surface area contributed by atoms with Crippen LogP contribution in [0.25, 0.3) is 27.0 Å². The molecule has 0 saturated heterocycles. The Kier molecular flexibility index (Phi) is 4.34. The Balaban J connectivity index is 1.65. The number of hydrogen-bond acceptors (Lipinski definition) is 2. The molecule has 0 amide bonds. The van der Waals surface area contributed by atoms with Gasteiger partial charge in [-0.3, -0.25) is 0 Å². The smallest absolute Gasteiger partial charge is 0.224 e. The van der Waals surface area contributed by atoms with Crippen molar-refractivity contribution in [2.45, 2.75) is 6.54 Å². The second-order valence-electron chi connectivity index (χ2n) is 6.10. The van der Waals surface area contributed by atoms with Gasteiger partial charge < -0.3 is 4.57 Å². The van der Waals surface area contributed by atoms with Gasteiger partial charge in [-0.15, -0.1) is 0 Å². The highest BCUT2D eigenvalue weighted by Gasteiger charge is 2.11. The van der Waals surface area contributed by atoms with E-state index < -0.39 is 0 Å². The SMILES string of the molecule is [C-]#[N+]c1cnc2c(ccn2Cc2ccc(-c3ccccc3C#N)cc2)c1Cl. The molecule has 0 fully saturated rings. The standard InChI is InChI=1S/C22H13ClN4/c1-25-20-13-26-22-19(21(20)23)10-11-27(22)14-15-6-8-16(9-7-15)18-5-3-2-4-17(18)12-24/h2-11,13H,14H2. The molecule has 0 bridgehead atoms. The van der Waals surface area contributed by atoms with Crippen molar-refractivity contribution in [3.8, 4) is 17.2 Å². The zero-order chi connectivity index (χ0) is 18.8. The molecule has 0 aliphatic heterocycles. The molecular weight excluding hydrogens is 356 g/mol. The van der Waals surface area contributed by atoms with Crippen LogP contribution in [0, 0.1) is 17.9 Å². The Morgan fingerprint density at radius 3 is 2.63 bits per heavy atom. The van der Waals surface area contributed by atoms with E-state index in [0.29, 0.717) is 22.8 Å². The van der Waals surface area contributed by atoms with Crippen molar-refractivity contribution >= 4 is 28.3 Å². The molecule has 4 rings (SSSR count). The predicted octanol–water partition coefficient (Wildman–Crippen LogP) is 5.83. The van der Waals surface area contributed by atoms with Gasteiger partial charge in [-0.25, -0.2) is 9.83 Å². The molecule has 0 aliphatic carbocycles. The van der Waals surface area contributed by atoms with Gasteiger partial charge in [-0.1, -0.05) is 54.1 Å². The lowest BCUT2D eigenvalue weighted by Crippen LogP contribution is -1.99. The fourth-order valence-corrected chi connectivity index (χ4v) is 3.36. The summed E-state index contributed by atoms with van der Waals surface area (Å²) in [5.41, 5.74) is 4.83. The Bertz CT molecular complexity index is 1220. The van der Waals surface area contributed by atoms with Gasteiger partial charge in [0.15, 0.2) is 0 Å². The van der Waals surface area contributed by atoms with Crippen LogP contribution >= 0.6 is 11.6 Å². The molecule has 0 N–H and O–H groups in total. The molecule has 4 nitrogen and oxygen atoms in total. The molecule has 0 aliphatic rings. The Labute approximate surface area is 161 Å². The minimum Gasteiger partial charge on any atom is -0.328 e. The van der Waals surface area contributed by atoms with E-state index in [2.05, 4.69) is 15.9 Å². The van der Waals surface area contributed by atoms with Crippen LogP contribution in [0.3, 0.4) is 0 Å². The average Bonchev–Trinajstić information content (AvgIpc) is 3.12. The van der Waals surface area contributed by atoms with Crippen LogP contribution in [0.4, 0.5) is 5.69 Å². The molecule has 0 unspecified atom stereocenters.